The third-order valence-electron chi connectivity index (χ3n) is 13.4. The van der Waals surface area contributed by atoms with Crippen LogP contribution in [0, 0.1) is 0 Å². The first-order chi connectivity index (χ1) is 31.5. The third-order valence-corrected chi connectivity index (χ3v) is 13.4. The van der Waals surface area contributed by atoms with Gasteiger partial charge in [0.2, 0.25) is 11.9 Å². The highest BCUT2D eigenvalue weighted by molar-refractivity contribution is 5.86. The zero-order valence-corrected chi connectivity index (χ0v) is 37.0. The molecule has 332 valence electrons. The van der Waals surface area contributed by atoms with E-state index in [0.717, 1.165) is 87.8 Å². The number of rotatable bonds is 11. The van der Waals surface area contributed by atoms with Crippen LogP contribution >= 0.6 is 0 Å². The molecule has 3 aromatic carbocycles. The average Bonchev–Trinajstić information content (AvgIpc) is 4.27. The van der Waals surface area contributed by atoms with Gasteiger partial charge < -0.3 is 31.5 Å². The second-order valence-corrected chi connectivity index (χ2v) is 18.2. The Morgan fingerprint density at radius 3 is 1.69 bits per heavy atom. The Hall–Kier alpha value is -5.91. The summed E-state index contributed by atoms with van der Waals surface area (Å²) in [6.07, 6.45) is 23.6. The van der Waals surface area contributed by atoms with Gasteiger partial charge in [-0.3, -0.25) is 0 Å². The van der Waals surface area contributed by atoms with Crippen molar-refractivity contribution in [1.82, 2.24) is 25.3 Å². The lowest BCUT2D eigenvalue weighted by Crippen LogP contribution is -2.42. The van der Waals surface area contributed by atoms with Gasteiger partial charge in [0.25, 0.3) is 0 Å². The number of alkyl carbamates (subject to hydrolysis) is 1. The van der Waals surface area contributed by atoms with Crippen LogP contribution in [0.5, 0.6) is 0 Å². The molecule has 11 rings (SSSR count). The van der Waals surface area contributed by atoms with Gasteiger partial charge in [-0.2, -0.15) is 0 Å². The summed E-state index contributed by atoms with van der Waals surface area (Å²) in [4.78, 5) is 31.8. The molecule has 0 saturated heterocycles. The Morgan fingerprint density at radius 1 is 0.641 bits per heavy atom. The Balaban J connectivity index is 0.000000163. The maximum Gasteiger partial charge on any atom is 0.407 e. The van der Waals surface area contributed by atoms with Crippen LogP contribution in [0.2, 0.25) is 0 Å². The van der Waals surface area contributed by atoms with Gasteiger partial charge >= 0.3 is 6.09 Å². The maximum atomic E-state index is 12.4. The Labute approximate surface area is 377 Å². The van der Waals surface area contributed by atoms with Gasteiger partial charge in [0.05, 0.1) is 11.4 Å². The van der Waals surface area contributed by atoms with Crippen LogP contribution in [0.4, 0.5) is 16.7 Å². The molecular formula is C53H62N8O3. The fourth-order valence-corrected chi connectivity index (χ4v) is 9.86. The summed E-state index contributed by atoms with van der Waals surface area (Å²) in [6, 6.07) is 28.0. The molecule has 64 heavy (non-hydrogen) atoms. The summed E-state index contributed by atoms with van der Waals surface area (Å²) < 4.78 is 5.43. The molecule has 2 heterocycles. The second kappa shape index (κ2) is 20.3. The lowest BCUT2D eigenvalue weighted by Gasteiger charge is -2.30. The number of aromatic nitrogens is 4. The van der Waals surface area contributed by atoms with Crippen LogP contribution in [0.3, 0.4) is 0 Å². The molecular weight excluding hydrogens is 797 g/mol. The minimum Gasteiger partial charge on any atom is -0.445 e. The molecule has 5 aromatic rings. The molecule has 4 saturated carbocycles. The van der Waals surface area contributed by atoms with E-state index in [2.05, 4.69) is 87.8 Å². The normalized spacial score (nSPS) is 21.9. The molecule has 6 aliphatic rings. The van der Waals surface area contributed by atoms with Crippen molar-refractivity contribution in [2.75, 3.05) is 17.7 Å². The highest BCUT2D eigenvalue weighted by Crippen LogP contribution is 2.46. The Morgan fingerprint density at radius 2 is 1.14 bits per heavy atom. The number of aliphatic hydroxyl groups is 1. The van der Waals surface area contributed by atoms with Gasteiger partial charge in [0.1, 0.15) is 6.61 Å². The number of carbonyl (C=O) groups is 1. The van der Waals surface area contributed by atoms with Crippen LogP contribution in [0.15, 0.2) is 103 Å². The number of hydrogen-bond acceptors (Lipinski definition) is 10. The van der Waals surface area contributed by atoms with Crippen molar-refractivity contribution in [2.24, 2.45) is 5.73 Å². The summed E-state index contributed by atoms with van der Waals surface area (Å²) in [6.45, 7) is 0.282. The molecule has 4 atom stereocenters. The number of allylic oxidation sites excluding steroid dienone is 2. The number of nitrogens with one attached hydrogen (secondary N) is 3. The number of amides is 1. The van der Waals surface area contributed by atoms with E-state index in [0.29, 0.717) is 29.9 Å². The lowest BCUT2D eigenvalue weighted by molar-refractivity contribution is 0.132. The van der Waals surface area contributed by atoms with Crippen LogP contribution in [0.1, 0.15) is 139 Å². The predicted molar refractivity (Wildman–Crippen MR) is 254 cm³/mol. The zero-order chi connectivity index (χ0) is 43.8. The van der Waals surface area contributed by atoms with E-state index < -0.39 is 0 Å². The van der Waals surface area contributed by atoms with E-state index in [4.69, 9.17) is 30.5 Å². The third kappa shape index (κ3) is 10.5. The second-order valence-electron chi connectivity index (χ2n) is 18.2. The van der Waals surface area contributed by atoms with Crippen molar-refractivity contribution in [2.45, 2.75) is 133 Å². The summed E-state index contributed by atoms with van der Waals surface area (Å²) >= 11 is 0. The number of ether oxygens (including phenoxy) is 1. The molecule has 6 N–H and O–H groups in total. The van der Waals surface area contributed by atoms with Crippen LogP contribution in [-0.4, -0.2) is 62.4 Å². The SMILES string of the molecule is CO.N[C@H]1CCC[C@@H](Nc2ncc(C3CC3)c(C3=CCc4ccccc43)n2)C1.O=C(N[C@H]1CCC[C@@H](Nc2ncc(C3CC3)c(C3=CCc4ccccc43)n2)C1)OCc1ccccc1. The van der Waals surface area contributed by atoms with E-state index in [9.17, 15) is 4.79 Å². The average molecular weight is 859 g/mol. The van der Waals surface area contributed by atoms with Crippen LogP contribution in [0.25, 0.3) is 11.1 Å². The highest BCUT2D eigenvalue weighted by Gasteiger charge is 2.33. The number of anilines is 2. The highest BCUT2D eigenvalue weighted by atomic mass is 16.5. The minimum atomic E-state index is -0.358. The van der Waals surface area contributed by atoms with Crippen molar-refractivity contribution < 1.29 is 14.6 Å². The van der Waals surface area contributed by atoms with Crippen molar-refractivity contribution in [3.63, 3.8) is 0 Å². The fraction of sp³-hybridized carbons (Fsp3) is 0.415. The minimum absolute atomic E-state index is 0.0779. The number of nitrogens with zero attached hydrogens (tertiary/aromatic N) is 4. The van der Waals surface area contributed by atoms with Gasteiger partial charge in [0.15, 0.2) is 0 Å². The van der Waals surface area contributed by atoms with Crippen molar-refractivity contribution in [3.05, 3.63) is 154 Å². The lowest BCUT2D eigenvalue weighted by atomic mass is 9.91. The summed E-state index contributed by atoms with van der Waals surface area (Å²) in [7, 11) is 1.00. The quantitative estimate of drug-likeness (QED) is 0.0866. The first-order valence-electron chi connectivity index (χ1n) is 23.5. The van der Waals surface area contributed by atoms with Gasteiger partial charge in [-0.05, 0) is 130 Å². The van der Waals surface area contributed by atoms with E-state index in [1.54, 1.807) is 0 Å². The molecule has 0 radical (unpaired) electrons. The number of benzene rings is 3. The number of hydrogen-bond donors (Lipinski definition) is 5. The molecule has 0 aliphatic heterocycles. The number of aliphatic hydroxyl groups excluding tert-OH is 1. The molecule has 6 aliphatic carbocycles. The molecule has 11 heteroatoms. The topological polar surface area (TPSA) is 160 Å². The van der Waals surface area contributed by atoms with Crippen molar-refractivity contribution >= 4 is 29.1 Å². The fourth-order valence-electron chi connectivity index (χ4n) is 9.86. The van der Waals surface area contributed by atoms with Crippen molar-refractivity contribution in [3.8, 4) is 0 Å². The number of nitrogens with two attached hydrogens (primary N) is 1. The number of fused-ring (bicyclic) bond motifs is 2. The van der Waals surface area contributed by atoms with Crippen LogP contribution < -0.4 is 21.7 Å². The molecule has 0 bridgehead atoms. The van der Waals surface area contributed by atoms with E-state index >= 15 is 0 Å². The number of carbonyl (C=O) groups excluding carboxylic acids is 1. The Kier molecular flexibility index (Phi) is 13.7. The smallest absolute Gasteiger partial charge is 0.407 e. The molecule has 4 fully saturated rings. The van der Waals surface area contributed by atoms with E-state index in [-0.39, 0.29) is 24.8 Å². The Bertz CT molecular complexity index is 2460. The first-order valence-corrected chi connectivity index (χ1v) is 23.5. The molecule has 0 unspecified atom stereocenters. The summed E-state index contributed by atoms with van der Waals surface area (Å²) in [5, 5.41) is 17.2. The molecule has 11 nitrogen and oxygen atoms in total. The predicted octanol–water partition coefficient (Wildman–Crippen LogP) is 9.62. The van der Waals surface area contributed by atoms with Crippen LogP contribution in [-0.2, 0) is 24.2 Å². The summed E-state index contributed by atoms with van der Waals surface area (Å²) in [5.74, 6) is 2.65. The summed E-state index contributed by atoms with van der Waals surface area (Å²) in [5.41, 5.74) is 19.8. The molecule has 2 aromatic heterocycles. The molecule has 0 spiro atoms. The largest absolute Gasteiger partial charge is 0.445 e. The van der Waals surface area contributed by atoms with E-state index in [1.165, 1.54) is 76.6 Å². The van der Waals surface area contributed by atoms with Gasteiger partial charge in [0, 0.05) is 65.9 Å². The maximum absolute atomic E-state index is 12.4. The standard InChI is InChI=1S/C30H32N4O2.C22H26N4.CH4O/c35-30(36-19-20-7-2-1-3-8-20)33-24-11-6-10-23(17-24)32-29-31-18-27(22-13-14-22)28(34-29)26-16-15-21-9-4-5-12-25(21)26;23-16-5-3-6-17(12-16)25-22-24-13-20(15-8-9-15)21(26-22)19-11-10-14-4-1-2-7-18(14)19;1-2/h1-5,7-9,12,16,18,22-24H,6,10-11,13-15,17,19H2,(H,33,35)(H,31,32,34);1-2,4,7,11,13,15-17H,3,5-6,8-10,12,23H2,(H,24,25,26);2H,1H3/t23-,24+;16-,17+;/m10./s1. The first kappa shape index (κ1) is 43.3. The monoisotopic (exact) mass is 858 g/mol. The van der Waals surface area contributed by atoms with E-state index in [1.807, 2.05) is 36.5 Å². The molecule has 1 amide bonds. The zero-order valence-electron chi connectivity index (χ0n) is 37.0. The van der Waals surface area contributed by atoms with Crippen molar-refractivity contribution in [1.29, 1.82) is 0 Å². The van der Waals surface area contributed by atoms with Gasteiger partial charge in [-0.1, -0.05) is 91.0 Å². The van der Waals surface area contributed by atoms with Gasteiger partial charge in [-0.15, -0.1) is 0 Å². The van der Waals surface area contributed by atoms with Gasteiger partial charge in [-0.25, -0.2) is 24.7 Å².